The molecule has 1 aliphatic rings. The van der Waals surface area contributed by atoms with E-state index in [-0.39, 0.29) is 5.82 Å². The number of hydrogen-bond acceptors (Lipinski definition) is 5. The van der Waals surface area contributed by atoms with Crippen molar-refractivity contribution in [3.05, 3.63) is 47.4 Å². The molecular formula is C22H33FN6O. The second-order valence-corrected chi connectivity index (χ2v) is 7.50. The van der Waals surface area contributed by atoms with Crippen LogP contribution >= 0.6 is 0 Å². The number of rotatable bonds is 8. The summed E-state index contributed by atoms with van der Waals surface area (Å²) in [5, 5.41) is 6.63. The number of aliphatic imine (C=N–C) groups is 1. The Bertz CT molecular complexity index is 809. The first-order valence-electron chi connectivity index (χ1n) is 10.7. The minimum absolute atomic E-state index is 0.138. The summed E-state index contributed by atoms with van der Waals surface area (Å²) in [7, 11) is 0. The average Bonchev–Trinajstić information content (AvgIpc) is 3.07. The topological polar surface area (TPSA) is 68.9 Å². The van der Waals surface area contributed by atoms with Crippen molar-refractivity contribution in [2.75, 3.05) is 50.7 Å². The molecule has 8 heteroatoms. The van der Waals surface area contributed by atoms with Gasteiger partial charge >= 0.3 is 0 Å². The van der Waals surface area contributed by atoms with Gasteiger partial charge in [0, 0.05) is 39.3 Å². The van der Waals surface area contributed by atoms with Gasteiger partial charge in [-0.25, -0.2) is 14.4 Å². The Morgan fingerprint density at radius 1 is 1.17 bits per heavy atom. The normalized spacial score (nSPS) is 15.5. The van der Waals surface area contributed by atoms with Crippen LogP contribution < -0.4 is 15.5 Å². The molecule has 1 fully saturated rings. The van der Waals surface area contributed by atoms with Crippen molar-refractivity contribution in [2.45, 2.75) is 33.7 Å². The lowest BCUT2D eigenvalue weighted by molar-refractivity contribution is 0.254. The summed E-state index contributed by atoms with van der Waals surface area (Å²) >= 11 is 0. The fourth-order valence-corrected chi connectivity index (χ4v) is 3.53. The largest absolute Gasteiger partial charge is 0.444 e. The van der Waals surface area contributed by atoms with E-state index in [1.165, 1.54) is 6.07 Å². The lowest BCUT2D eigenvalue weighted by Gasteiger charge is -2.36. The Hall–Kier alpha value is -2.61. The van der Waals surface area contributed by atoms with Crippen LogP contribution in [0, 0.1) is 19.7 Å². The highest BCUT2D eigenvalue weighted by Crippen LogP contribution is 2.20. The number of para-hydroxylation sites is 1. The Balaban J connectivity index is 1.38. The number of oxazole rings is 1. The van der Waals surface area contributed by atoms with E-state index in [0.29, 0.717) is 18.1 Å². The fourth-order valence-electron chi connectivity index (χ4n) is 3.53. The Labute approximate surface area is 178 Å². The third-order valence-corrected chi connectivity index (χ3v) is 5.30. The first-order valence-corrected chi connectivity index (χ1v) is 10.7. The number of aryl methyl sites for hydroxylation is 2. The third-order valence-electron chi connectivity index (χ3n) is 5.30. The molecule has 2 heterocycles. The molecule has 0 amide bonds. The highest BCUT2D eigenvalue weighted by atomic mass is 19.1. The molecule has 1 aromatic heterocycles. The zero-order chi connectivity index (χ0) is 21.3. The molecule has 30 heavy (non-hydrogen) atoms. The van der Waals surface area contributed by atoms with Crippen molar-refractivity contribution in [1.82, 2.24) is 20.5 Å². The number of nitrogens with one attached hydrogen (secondary N) is 2. The number of nitrogens with zero attached hydrogens (tertiary/aromatic N) is 4. The van der Waals surface area contributed by atoms with Crippen molar-refractivity contribution in [3.63, 3.8) is 0 Å². The van der Waals surface area contributed by atoms with Gasteiger partial charge in [0.1, 0.15) is 18.1 Å². The maximum atomic E-state index is 14.0. The predicted molar refractivity (Wildman–Crippen MR) is 118 cm³/mol. The third kappa shape index (κ3) is 6.19. The molecule has 1 aliphatic heterocycles. The van der Waals surface area contributed by atoms with Crippen LogP contribution in [0.5, 0.6) is 0 Å². The maximum absolute atomic E-state index is 14.0. The summed E-state index contributed by atoms with van der Waals surface area (Å²) in [6.07, 6.45) is 1.02. The Morgan fingerprint density at radius 3 is 2.60 bits per heavy atom. The Morgan fingerprint density at radius 2 is 1.93 bits per heavy atom. The molecule has 0 atom stereocenters. The molecule has 0 unspecified atom stereocenters. The molecule has 1 saturated heterocycles. The van der Waals surface area contributed by atoms with E-state index in [0.717, 1.165) is 69.6 Å². The van der Waals surface area contributed by atoms with E-state index in [2.05, 4.69) is 30.4 Å². The van der Waals surface area contributed by atoms with Gasteiger partial charge in [0.15, 0.2) is 5.96 Å². The fraction of sp³-hybridized carbons (Fsp3) is 0.545. The molecule has 164 valence electrons. The highest BCUT2D eigenvalue weighted by Gasteiger charge is 2.18. The van der Waals surface area contributed by atoms with Crippen LogP contribution in [0.25, 0.3) is 0 Å². The summed E-state index contributed by atoms with van der Waals surface area (Å²) in [4.78, 5) is 13.5. The van der Waals surface area contributed by atoms with Gasteiger partial charge < -0.3 is 20.0 Å². The monoisotopic (exact) mass is 416 g/mol. The molecule has 2 N–H and O–H groups in total. The second-order valence-electron chi connectivity index (χ2n) is 7.50. The van der Waals surface area contributed by atoms with Crippen molar-refractivity contribution < 1.29 is 8.81 Å². The molecule has 0 aliphatic carbocycles. The second kappa shape index (κ2) is 11.0. The molecule has 0 spiro atoms. The van der Waals surface area contributed by atoms with Crippen LogP contribution in [0.4, 0.5) is 10.1 Å². The number of hydrogen-bond donors (Lipinski definition) is 2. The highest BCUT2D eigenvalue weighted by molar-refractivity contribution is 5.79. The summed E-state index contributed by atoms with van der Waals surface area (Å²) < 4.78 is 19.5. The number of halogens is 1. The quantitative estimate of drug-likeness (QED) is 0.392. The molecule has 0 saturated carbocycles. The number of benzene rings is 1. The van der Waals surface area contributed by atoms with Crippen molar-refractivity contribution in [3.8, 4) is 0 Å². The zero-order valence-corrected chi connectivity index (χ0v) is 18.2. The summed E-state index contributed by atoms with van der Waals surface area (Å²) in [6, 6.07) is 7.02. The first-order chi connectivity index (χ1) is 14.6. The molecule has 1 aromatic carbocycles. The smallest absolute Gasteiger partial charge is 0.216 e. The van der Waals surface area contributed by atoms with E-state index in [4.69, 9.17) is 4.42 Å². The van der Waals surface area contributed by atoms with Gasteiger partial charge in [-0.2, -0.15) is 0 Å². The van der Waals surface area contributed by atoms with Crippen LogP contribution in [0.2, 0.25) is 0 Å². The van der Waals surface area contributed by atoms with Crippen LogP contribution in [0.1, 0.15) is 30.7 Å². The van der Waals surface area contributed by atoms with Crippen LogP contribution in [0.3, 0.4) is 0 Å². The maximum Gasteiger partial charge on any atom is 0.216 e. The van der Waals surface area contributed by atoms with E-state index in [1.807, 2.05) is 32.9 Å². The lowest BCUT2D eigenvalue weighted by atomic mass is 10.2. The molecule has 0 radical (unpaired) electrons. The Kier molecular flexibility index (Phi) is 8.07. The van der Waals surface area contributed by atoms with Crippen molar-refractivity contribution >= 4 is 11.6 Å². The summed E-state index contributed by atoms with van der Waals surface area (Å²) in [6.45, 7) is 12.6. The van der Waals surface area contributed by atoms with Gasteiger partial charge in [0.2, 0.25) is 5.89 Å². The lowest BCUT2D eigenvalue weighted by Crippen LogP contribution is -2.47. The van der Waals surface area contributed by atoms with Crippen LogP contribution in [-0.4, -0.2) is 61.7 Å². The summed E-state index contributed by atoms with van der Waals surface area (Å²) in [5.74, 6) is 2.11. The van der Waals surface area contributed by atoms with Crippen molar-refractivity contribution in [2.24, 2.45) is 4.99 Å². The standard InChI is InChI=1S/C22H33FN6O/c1-4-24-22(26-16-21-27-17(2)18(3)30-21)25-10-7-11-28-12-14-29(15-13-28)20-9-6-5-8-19(20)23/h5-6,8-9H,4,7,10-16H2,1-3H3,(H2,24,25,26). The molecule has 3 rings (SSSR count). The number of aromatic nitrogens is 1. The molecule has 7 nitrogen and oxygen atoms in total. The van der Waals surface area contributed by atoms with Crippen LogP contribution in [0.15, 0.2) is 33.7 Å². The van der Waals surface area contributed by atoms with E-state index < -0.39 is 0 Å². The minimum Gasteiger partial charge on any atom is -0.444 e. The van der Waals surface area contributed by atoms with Gasteiger partial charge in [0.05, 0.1) is 11.4 Å². The number of piperazine rings is 1. The van der Waals surface area contributed by atoms with E-state index >= 15 is 0 Å². The number of guanidine groups is 1. The molecular weight excluding hydrogens is 383 g/mol. The van der Waals surface area contributed by atoms with Gasteiger partial charge in [-0.15, -0.1) is 0 Å². The zero-order valence-electron chi connectivity index (χ0n) is 18.2. The first kappa shape index (κ1) is 22.1. The van der Waals surface area contributed by atoms with Crippen LogP contribution in [-0.2, 0) is 6.54 Å². The van der Waals surface area contributed by atoms with E-state index in [1.54, 1.807) is 6.07 Å². The summed E-state index contributed by atoms with van der Waals surface area (Å²) in [5.41, 5.74) is 1.62. The predicted octanol–water partition coefficient (Wildman–Crippen LogP) is 2.70. The average molecular weight is 417 g/mol. The van der Waals surface area contributed by atoms with E-state index in [9.17, 15) is 4.39 Å². The van der Waals surface area contributed by atoms with Gasteiger partial charge in [-0.05, 0) is 45.9 Å². The SMILES string of the molecule is CCNC(=NCc1nc(C)c(C)o1)NCCCN1CCN(c2ccccc2F)CC1. The van der Waals surface area contributed by atoms with Gasteiger partial charge in [-0.1, -0.05) is 12.1 Å². The van der Waals surface area contributed by atoms with Gasteiger partial charge in [0.25, 0.3) is 0 Å². The van der Waals surface area contributed by atoms with Crippen molar-refractivity contribution in [1.29, 1.82) is 0 Å². The minimum atomic E-state index is -0.138. The molecule has 0 bridgehead atoms. The van der Waals surface area contributed by atoms with Gasteiger partial charge in [-0.3, -0.25) is 4.90 Å². The molecule has 2 aromatic rings. The number of anilines is 1.